The van der Waals surface area contributed by atoms with Crippen molar-refractivity contribution in [3.63, 3.8) is 0 Å². The summed E-state index contributed by atoms with van der Waals surface area (Å²) in [7, 11) is 1.17. The van der Waals surface area contributed by atoms with Crippen LogP contribution in [0.1, 0.15) is 27.6 Å². The Labute approximate surface area is 133 Å². The Bertz CT molecular complexity index is 754. The lowest BCUT2D eigenvalue weighted by Gasteiger charge is -2.23. The van der Waals surface area contributed by atoms with Crippen LogP contribution in [0.25, 0.3) is 0 Å². The van der Waals surface area contributed by atoms with Crippen molar-refractivity contribution in [3.05, 3.63) is 71.5 Å². The van der Waals surface area contributed by atoms with Gasteiger partial charge in [-0.2, -0.15) is 0 Å². The summed E-state index contributed by atoms with van der Waals surface area (Å²) >= 11 is 0. The van der Waals surface area contributed by atoms with Crippen molar-refractivity contribution < 1.29 is 23.9 Å². The van der Waals surface area contributed by atoms with Gasteiger partial charge < -0.3 is 9.47 Å². The molecule has 5 heteroatoms. The average Bonchev–Trinajstić information content (AvgIpc) is 2.58. The van der Waals surface area contributed by atoms with Gasteiger partial charge in [0, 0.05) is 11.1 Å². The number of ether oxygens (including phenoxy) is 2. The number of carbonyl (C=O) groups is 3. The first-order valence-electron chi connectivity index (χ1n) is 6.91. The third kappa shape index (κ3) is 2.85. The molecule has 1 aliphatic carbocycles. The number of hydrogen-bond donors (Lipinski definition) is 0. The molecular weight excluding hydrogens is 296 g/mol. The van der Waals surface area contributed by atoms with Crippen LogP contribution in [0.4, 0.5) is 0 Å². The van der Waals surface area contributed by atoms with Gasteiger partial charge in [-0.1, -0.05) is 43.5 Å². The second-order valence-corrected chi connectivity index (χ2v) is 4.94. The number of allylic oxidation sites excluding steroid dienone is 1. The Morgan fingerprint density at radius 1 is 1.17 bits per heavy atom. The summed E-state index contributed by atoms with van der Waals surface area (Å²) in [5.41, 5.74) is 0.0437. The molecule has 1 aliphatic rings. The van der Waals surface area contributed by atoms with Gasteiger partial charge in [-0.15, -0.1) is 0 Å². The second kappa shape index (κ2) is 6.44. The van der Waals surface area contributed by atoms with Crippen LogP contribution >= 0.6 is 0 Å². The molecule has 0 bridgehead atoms. The van der Waals surface area contributed by atoms with Gasteiger partial charge in [0.15, 0.2) is 11.5 Å². The van der Waals surface area contributed by atoms with Gasteiger partial charge in [-0.3, -0.25) is 9.59 Å². The topological polar surface area (TPSA) is 69.7 Å². The first-order valence-corrected chi connectivity index (χ1v) is 6.91. The molecule has 1 unspecified atom stereocenters. The second-order valence-electron chi connectivity index (χ2n) is 4.94. The van der Waals surface area contributed by atoms with Crippen LogP contribution in [0.2, 0.25) is 0 Å². The van der Waals surface area contributed by atoms with E-state index in [2.05, 4.69) is 17.9 Å². The fraction of sp³-hybridized carbons (Fsp3) is 0.167. The van der Waals surface area contributed by atoms with Gasteiger partial charge in [-0.05, 0) is 6.92 Å². The Morgan fingerprint density at radius 2 is 1.74 bits per heavy atom. The molecule has 0 N–H and O–H groups in total. The molecule has 23 heavy (non-hydrogen) atoms. The lowest BCUT2D eigenvalue weighted by molar-refractivity contribution is -0.135. The van der Waals surface area contributed by atoms with Gasteiger partial charge in [0.2, 0.25) is 5.78 Å². The standard InChI is InChI=1S/C18H16O5/c1-5-10(2)23-17-14(11(3)18(21)22-4)15(19)12-8-6-7-9-13(12)16(17)20/h5-10H,1,3H2,2,4H3. The molecule has 2 rings (SSSR count). The Balaban J connectivity index is 2.66. The lowest BCUT2D eigenvalue weighted by atomic mass is 9.85. The number of fused-ring (bicyclic) bond motifs is 1. The normalized spacial score (nSPS) is 14.9. The van der Waals surface area contributed by atoms with Crippen molar-refractivity contribution in [2.24, 2.45) is 0 Å². The molecule has 118 valence electrons. The molecule has 1 atom stereocenters. The summed E-state index contributed by atoms with van der Waals surface area (Å²) in [5, 5.41) is 0. The highest BCUT2D eigenvalue weighted by molar-refractivity contribution is 6.30. The minimum absolute atomic E-state index is 0.172. The van der Waals surface area contributed by atoms with Crippen molar-refractivity contribution in [3.8, 4) is 0 Å². The monoisotopic (exact) mass is 312 g/mol. The molecule has 0 fully saturated rings. The Hall–Kier alpha value is -2.95. The highest BCUT2D eigenvalue weighted by Crippen LogP contribution is 2.31. The number of methoxy groups -OCH3 is 1. The molecule has 0 heterocycles. The van der Waals surface area contributed by atoms with E-state index in [9.17, 15) is 14.4 Å². The number of esters is 1. The number of hydrogen-bond acceptors (Lipinski definition) is 5. The fourth-order valence-electron chi connectivity index (χ4n) is 2.20. The maximum Gasteiger partial charge on any atom is 0.338 e. The van der Waals surface area contributed by atoms with E-state index in [1.165, 1.54) is 25.3 Å². The minimum Gasteiger partial charge on any atom is -0.482 e. The van der Waals surface area contributed by atoms with Crippen molar-refractivity contribution in [1.29, 1.82) is 0 Å². The van der Waals surface area contributed by atoms with Crippen LogP contribution in [-0.2, 0) is 14.3 Å². The SMILES string of the molecule is C=CC(C)OC1=C(C(=C)C(=O)OC)C(=O)c2ccccc2C1=O. The van der Waals surface area contributed by atoms with Crippen LogP contribution < -0.4 is 0 Å². The third-order valence-electron chi connectivity index (χ3n) is 3.45. The molecule has 0 saturated carbocycles. The molecule has 0 aromatic heterocycles. The van der Waals surface area contributed by atoms with E-state index in [1.807, 2.05) is 0 Å². The summed E-state index contributed by atoms with van der Waals surface area (Å²) in [6.45, 7) is 8.82. The summed E-state index contributed by atoms with van der Waals surface area (Å²) in [4.78, 5) is 37.2. The zero-order valence-electron chi connectivity index (χ0n) is 12.9. The average molecular weight is 312 g/mol. The lowest BCUT2D eigenvalue weighted by Crippen LogP contribution is -2.28. The third-order valence-corrected chi connectivity index (χ3v) is 3.45. The first-order chi connectivity index (χ1) is 10.9. The Morgan fingerprint density at radius 3 is 2.26 bits per heavy atom. The minimum atomic E-state index is -0.798. The van der Waals surface area contributed by atoms with E-state index in [1.54, 1.807) is 19.1 Å². The number of rotatable bonds is 5. The van der Waals surface area contributed by atoms with Crippen LogP contribution in [0.3, 0.4) is 0 Å². The predicted octanol–water partition coefficient (Wildman–Crippen LogP) is 2.64. The van der Waals surface area contributed by atoms with Gasteiger partial charge in [-0.25, -0.2) is 4.79 Å². The quantitative estimate of drug-likeness (QED) is 0.475. The number of ketones is 2. The van der Waals surface area contributed by atoms with Crippen LogP contribution in [-0.4, -0.2) is 30.7 Å². The van der Waals surface area contributed by atoms with Crippen molar-refractivity contribution in [2.75, 3.05) is 7.11 Å². The molecule has 5 nitrogen and oxygen atoms in total. The summed E-state index contributed by atoms with van der Waals surface area (Å²) in [5.74, 6) is -1.99. The number of benzene rings is 1. The van der Waals surface area contributed by atoms with Crippen LogP contribution in [0, 0.1) is 0 Å². The van der Waals surface area contributed by atoms with Crippen LogP contribution in [0.15, 0.2) is 60.4 Å². The van der Waals surface area contributed by atoms with Gasteiger partial charge >= 0.3 is 5.97 Å². The van der Waals surface area contributed by atoms with E-state index in [4.69, 9.17) is 4.74 Å². The zero-order valence-corrected chi connectivity index (χ0v) is 12.9. The van der Waals surface area contributed by atoms with E-state index >= 15 is 0 Å². The van der Waals surface area contributed by atoms with E-state index in [0.29, 0.717) is 0 Å². The predicted molar refractivity (Wildman–Crippen MR) is 84.0 cm³/mol. The molecular formula is C18H16O5. The Kier molecular flexibility index (Phi) is 4.60. The number of Topliss-reactive ketones (excluding diaryl/α,β-unsaturated/α-hetero) is 2. The molecule has 1 aromatic carbocycles. The molecule has 0 saturated heterocycles. The van der Waals surface area contributed by atoms with Crippen molar-refractivity contribution >= 4 is 17.5 Å². The molecule has 0 amide bonds. The maximum absolute atomic E-state index is 12.7. The summed E-state index contributed by atoms with van der Waals surface area (Å²) in [6, 6.07) is 6.35. The van der Waals surface area contributed by atoms with Crippen molar-refractivity contribution in [2.45, 2.75) is 13.0 Å². The summed E-state index contributed by atoms with van der Waals surface area (Å²) in [6.07, 6.45) is 0.955. The largest absolute Gasteiger partial charge is 0.482 e. The molecule has 0 aliphatic heterocycles. The van der Waals surface area contributed by atoms with E-state index < -0.39 is 23.6 Å². The van der Waals surface area contributed by atoms with E-state index in [-0.39, 0.29) is 28.0 Å². The van der Waals surface area contributed by atoms with Gasteiger partial charge in [0.05, 0.1) is 18.3 Å². The first kappa shape index (κ1) is 16.4. The number of carbonyl (C=O) groups excluding carboxylic acids is 3. The maximum atomic E-state index is 12.7. The molecule has 0 spiro atoms. The van der Waals surface area contributed by atoms with Crippen LogP contribution in [0.5, 0.6) is 0 Å². The van der Waals surface area contributed by atoms with E-state index in [0.717, 1.165) is 0 Å². The highest BCUT2D eigenvalue weighted by Gasteiger charge is 2.37. The zero-order chi connectivity index (χ0) is 17.1. The summed E-state index contributed by atoms with van der Waals surface area (Å²) < 4.78 is 10.1. The van der Waals surface area contributed by atoms with Gasteiger partial charge in [0.25, 0.3) is 0 Å². The smallest absolute Gasteiger partial charge is 0.338 e. The molecule has 0 radical (unpaired) electrons. The van der Waals surface area contributed by atoms with Crippen molar-refractivity contribution in [1.82, 2.24) is 0 Å². The molecule has 1 aromatic rings. The highest BCUT2D eigenvalue weighted by atomic mass is 16.5. The fourth-order valence-corrected chi connectivity index (χ4v) is 2.20. The van der Waals surface area contributed by atoms with Gasteiger partial charge in [0.1, 0.15) is 6.10 Å².